The first-order valence-corrected chi connectivity index (χ1v) is 9.63. The Bertz CT molecular complexity index is 839. The number of benzene rings is 2. The Morgan fingerprint density at radius 1 is 0.846 bits per heavy atom. The zero-order valence-electron chi connectivity index (χ0n) is 14.6. The Morgan fingerprint density at radius 2 is 1.42 bits per heavy atom. The summed E-state index contributed by atoms with van der Waals surface area (Å²) in [6.45, 7) is 3.69. The van der Waals surface area contributed by atoms with Gasteiger partial charge in [-0.05, 0) is 31.4 Å². The number of ether oxygens (including phenoxy) is 1. The van der Waals surface area contributed by atoms with Crippen LogP contribution in [0, 0.1) is 5.92 Å². The third-order valence-corrected chi connectivity index (χ3v) is 7.23. The summed E-state index contributed by atoms with van der Waals surface area (Å²) in [5, 5.41) is 0. The molecule has 1 aliphatic heterocycles. The minimum Gasteiger partial charge on any atom is -0.340 e. The molecule has 3 fully saturated rings. The lowest BCUT2D eigenvalue weighted by molar-refractivity contribution is -0.524. The molecule has 3 aliphatic rings. The van der Waals surface area contributed by atoms with Gasteiger partial charge in [0.25, 0.3) is 0 Å². The fraction of sp³-hybridized carbons (Fsp3) is 0.429. The maximum Gasteiger partial charge on any atom is 0.196 e. The molecule has 5 heteroatoms. The summed E-state index contributed by atoms with van der Waals surface area (Å²) >= 11 is 13.7. The highest BCUT2D eigenvalue weighted by molar-refractivity contribution is 6.52. The van der Waals surface area contributed by atoms with E-state index >= 15 is 0 Å². The predicted molar refractivity (Wildman–Crippen MR) is 99.9 cm³/mol. The monoisotopic (exact) mass is 390 g/mol. The zero-order chi connectivity index (χ0) is 18.2. The Balaban J connectivity index is 1.67. The van der Waals surface area contributed by atoms with Gasteiger partial charge in [0.05, 0.1) is 0 Å². The number of alkyl halides is 2. The molecule has 0 radical (unpaired) electrons. The summed E-state index contributed by atoms with van der Waals surface area (Å²) in [6, 6.07) is 20.3. The van der Waals surface area contributed by atoms with Crippen molar-refractivity contribution in [2.45, 2.75) is 47.5 Å². The molecule has 136 valence electrons. The molecule has 2 aromatic carbocycles. The number of rotatable bonds is 2. The average molecular weight is 391 g/mol. The summed E-state index contributed by atoms with van der Waals surface area (Å²) < 4.78 is 5.48. The molecule has 0 unspecified atom stereocenters. The van der Waals surface area contributed by atoms with E-state index in [1.54, 1.807) is 0 Å². The van der Waals surface area contributed by atoms with E-state index in [2.05, 4.69) is 12.1 Å². The van der Waals surface area contributed by atoms with Crippen LogP contribution in [0.3, 0.4) is 0 Å². The number of halogens is 2. The smallest absolute Gasteiger partial charge is 0.196 e. The lowest BCUT2D eigenvalue weighted by Gasteiger charge is -2.47. The van der Waals surface area contributed by atoms with Crippen molar-refractivity contribution >= 4 is 23.2 Å². The molecule has 5 rings (SSSR count). The van der Waals surface area contributed by atoms with Crippen LogP contribution in [-0.4, -0.2) is 16.2 Å². The van der Waals surface area contributed by atoms with E-state index in [1.165, 1.54) is 0 Å². The van der Waals surface area contributed by atoms with E-state index in [1.807, 2.05) is 62.4 Å². The molecule has 2 aliphatic carbocycles. The van der Waals surface area contributed by atoms with Crippen molar-refractivity contribution in [3.8, 4) is 0 Å². The van der Waals surface area contributed by atoms with Gasteiger partial charge < -0.3 is 4.74 Å². The number of fused-ring (bicyclic) bond motifs is 3. The van der Waals surface area contributed by atoms with Crippen molar-refractivity contribution in [3.63, 3.8) is 0 Å². The molecular formula is C21H20Cl2O3. The van der Waals surface area contributed by atoms with Gasteiger partial charge >= 0.3 is 0 Å². The Kier molecular flexibility index (Phi) is 3.43. The van der Waals surface area contributed by atoms with Crippen LogP contribution >= 0.6 is 23.2 Å². The van der Waals surface area contributed by atoms with Gasteiger partial charge in [-0.1, -0.05) is 60.7 Å². The van der Waals surface area contributed by atoms with E-state index in [4.69, 9.17) is 37.7 Å². The van der Waals surface area contributed by atoms with E-state index in [0.717, 1.165) is 11.1 Å². The SMILES string of the molecule is CC1(C)OO[C@@]2(c3ccccc3)C[C@@]3(c4ccccc4)[C@@H]([C@H]2O1)C3(Cl)Cl. The minimum absolute atomic E-state index is 0.0795. The molecule has 0 amide bonds. The average Bonchev–Trinajstić information content (AvgIpc) is 2.95. The number of hydrogen-bond donors (Lipinski definition) is 0. The largest absolute Gasteiger partial charge is 0.340 e. The highest BCUT2D eigenvalue weighted by Gasteiger charge is 2.88. The first-order chi connectivity index (χ1) is 12.3. The molecule has 2 aromatic rings. The van der Waals surface area contributed by atoms with Crippen molar-refractivity contribution in [2.24, 2.45) is 5.92 Å². The zero-order valence-corrected chi connectivity index (χ0v) is 16.1. The topological polar surface area (TPSA) is 27.7 Å². The van der Waals surface area contributed by atoms with Crippen LogP contribution in [0.15, 0.2) is 60.7 Å². The van der Waals surface area contributed by atoms with Crippen LogP contribution in [0.25, 0.3) is 0 Å². The lowest BCUT2D eigenvalue weighted by Crippen LogP contribution is -2.54. The molecule has 0 N–H and O–H groups in total. The third kappa shape index (κ3) is 2.01. The van der Waals surface area contributed by atoms with Crippen LogP contribution in [0.5, 0.6) is 0 Å². The van der Waals surface area contributed by atoms with E-state index in [0.29, 0.717) is 6.42 Å². The van der Waals surface area contributed by atoms with Crippen molar-refractivity contribution in [2.75, 3.05) is 0 Å². The quantitative estimate of drug-likeness (QED) is 0.526. The third-order valence-electron chi connectivity index (χ3n) is 6.09. The molecule has 1 heterocycles. The first kappa shape index (κ1) is 17.0. The summed E-state index contributed by atoms with van der Waals surface area (Å²) in [4.78, 5) is 11.7. The Labute approximate surface area is 163 Å². The molecule has 26 heavy (non-hydrogen) atoms. The Morgan fingerprint density at radius 3 is 2.04 bits per heavy atom. The molecule has 2 saturated carbocycles. The van der Waals surface area contributed by atoms with Gasteiger partial charge in [-0.15, -0.1) is 23.2 Å². The van der Waals surface area contributed by atoms with Gasteiger partial charge in [0.2, 0.25) is 0 Å². The van der Waals surface area contributed by atoms with Gasteiger partial charge in [0, 0.05) is 11.3 Å². The van der Waals surface area contributed by atoms with E-state index < -0.39 is 21.1 Å². The van der Waals surface area contributed by atoms with Crippen LogP contribution in [0.1, 0.15) is 31.4 Å². The second-order valence-electron chi connectivity index (χ2n) is 7.98. The molecule has 0 bridgehead atoms. The minimum atomic E-state index is -0.895. The second-order valence-corrected chi connectivity index (χ2v) is 9.36. The van der Waals surface area contributed by atoms with Gasteiger partial charge in [0.1, 0.15) is 10.4 Å². The van der Waals surface area contributed by atoms with Crippen molar-refractivity contribution in [1.29, 1.82) is 0 Å². The second kappa shape index (κ2) is 5.24. The molecular weight excluding hydrogens is 371 g/mol. The first-order valence-electron chi connectivity index (χ1n) is 8.87. The highest BCUT2D eigenvalue weighted by Crippen LogP contribution is 2.81. The Hall–Kier alpha value is -1.10. The summed E-state index contributed by atoms with van der Waals surface area (Å²) in [5.74, 6) is -0.938. The van der Waals surface area contributed by atoms with Crippen molar-refractivity contribution in [1.82, 2.24) is 0 Å². The molecule has 1 saturated heterocycles. The predicted octanol–water partition coefficient (Wildman–Crippen LogP) is 5.11. The molecule has 0 aromatic heterocycles. The van der Waals surface area contributed by atoms with Gasteiger partial charge in [-0.25, -0.2) is 9.78 Å². The molecule has 0 spiro atoms. The summed E-state index contributed by atoms with van der Waals surface area (Å²) in [7, 11) is 0. The number of hydrogen-bond acceptors (Lipinski definition) is 3. The highest BCUT2D eigenvalue weighted by atomic mass is 35.5. The van der Waals surface area contributed by atoms with Crippen LogP contribution < -0.4 is 0 Å². The van der Waals surface area contributed by atoms with Gasteiger partial charge in [-0.3, -0.25) is 0 Å². The summed E-state index contributed by atoms with van der Waals surface area (Å²) in [5.41, 5.74) is 0.975. The maximum atomic E-state index is 6.85. The van der Waals surface area contributed by atoms with Crippen molar-refractivity contribution in [3.05, 3.63) is 71.8 Å². The molecule has 3 nitrogen and oxygen atoms in total. The lowest BCUT2D eigenvalue weighted by atomic mass is 9.82. The maximum absolute atomic E-state index is 6.85. The van der Waals surface area contributed by atoms with Crippen LogP contribution in [0.4, 0.5) is 0 Å². The van der Waals surface area contributed by atoms with Gasteiger partial charge in [0.15, 0.2) is 11.4 Å². The fourth-order valence-electron chi connectivity index (χ4n) is 4.93. The van der Waals surface area contributed by atoms with Crippen molar-refractivity contribution < 1.29 is 14.5 Å². The molecule has 4 atom stereocenters. The van der Waals surface area contributed by atoms with E-state index in [-0.39, 0.29) is 12.0 Å². The normalized spacial score (nSPS) is 39.1. The summed E-state index contributed by atoms with van der Waals surface area (Å²) in [6.07, 6.45) is 0.302. The van der Waals surface area contributed by atoms with E-state index in [9.17, 15) is 0 Å². The standard InChI is InChI=1S/C21H20Cl2O3/c1-18(2)24-17-16-19(21(16,22)23,14-9-5-3-6-10-14)13-20(17,26-25-18)15-11-7-4-8-12-15/h3-12,16-17H,13H2,1-2H3/t16-,17-,19-,20-/m1/s1. The fourth-order valence-corrected chi connectivity index (χ4v) is 6.01. The van der Waals surface area contributed by atoms with Gasteiger partial charge in [-0.2, -0.15) is 0 Å². The van der Waals surface area contributed by atoms with Crippen LogP contribution in [0.2, 0.25) is 0 Å². The van der Waals surface area contributed by atoms with Crippen LogP contribution in [-0.2, 0) is 25.5 Å².